The molecule has 108 heavy (non-hydrogen) atoms. The average Bonchev–Trinajstić information content (AvgIpc) is 0.909. The van der Waals surface area contributed by atoms with Crippen LogP contribution in [0.25, 0.3) is 0 Å². The van der Waals surface area contributed by atoms with Gasteiger partial charge in [0.05, 0.1) is 26.4 Å². The highest BCUT2D eigenvalue weighted by Crippen LogP contribution is 2.45. The maximum atomic E-state index is 13.1. The molecule has 19 heteroatoms. The van der Waals surface area contributed by atoms with Gasteiger partial charge < -0.3 is 33.8 Å². The predicted octanol–water partition coefficient (Wildman–Crippen LogP) is 24.6. The molecule has 17 nitrogen and oxygen atoms in total. The Bertz CT molecular complexity index is 2710. The van der Waals surface area contributed by atoms with Gasteiger partial charge in [-0.15, -0.1) is 0 Å². The van der Waals surface area contributed by atoms with E-state index in [1.54, 1.807) is 0 Å². The van der Waals surface area contributed by atoms with Crippen LogP contribution in [0.5, 0.6) is 0 Å². The maximum Gasteiger partial charge on any atom is 0.472 e. The average molecular weight is 1550 g/mol. The topological polar surface area (TPSA) is 237 Å². The second-order valence-corrected chi connectivity index (χ2v) is 29.9. The van der Waals surface area contributed by atoms with E-state index in [-0.39, 0.29) is 25.7 Å². The lowest BCUT2D eigenvalue weighted by atomic mass is 10.0. The summed E-state index contributed by atoms with van der Waals surface area (Å²) in [7, 11) is -10.0. The van der Waals surface area contributed by atoms with E-state index in [9.17, 15) is 43.2 Å². The molecule has 0 aliphatic rings. The van der Waals surface area contributed by atoms with Crippen LogP contribution in [-0.2, 0) is 65.4 Å². The third-order valence-electron chi connectivity index (χ3n) is 16.7. The summed E-state index contributed by atoms with van der Waals surface area (Å²) in [6.07, 6.45) is 94.9. The van der Waals surface area contributed by atoms with Crippen molar-refractivity contribution in [3.8, 4) is 0 Å². The van der Waals surface area contributed by atoms with E-state index in [0.29, 0.717) is 38.5 Å². The summed E-state index contributed by atoms with van der Waals surface area (Å²) >= 11 is 0. The number of unbranched alkanes of at least 4 members (excludes halogenated alkanes) is 22. The van der Waals surface area contributed by atoms with Crippen molar-refractivity contribution < 1.29 is 80.2 Å². The van der Waals surface area contributed by atoms with Crippen molar-refractivity contribution in [2.75, 3.05) is 39.6 Å². The number of esters is 4. The highest BCUT2D eigenvalue weighted by molar-refractivity contribution is 7.47. The first-order valence-electron chi connectivity index (χ1n) is 41.4. The van der Waals surface area contributed by atoms with Gasteiger partial charge in [0.15, 0.2) is 12.2 Å². The Balaban J connectivity index is 5.51. The molecule has 0 radical (unpaired) electrons. The van der Waals surface area contributed by atoms with Crippen molar-refractivity contribution in [2.24, 2.45) is 0 Å². The number of carbonyl (C=O) groups is 4. The second-order valence-electron chi connectivity index (χ2n) is 27.0. The van der Waals surface area contributed by atoms with Crippen LogP contribution in [0.15, 0.2) is 170 Å². The molecule has 0 aliphatic carbocycles. The number of hydrogen-bond donors (Lipinski definition) is 3. The Morgan fingerprint density at radius 1 is 0.269 bits per heavy atom. The lowest BCUT2D eigenvalue weighted by Gasteiger charge is -2.21. The smallest absolute Gasteiger partial charge is 0.462 e. The van der Waals surface area contributed by atoms with E-state index in [1.807, 2.05) is 24.3 Å². The van der Waals surface area contributed by atoms with Gasteiger partial charge in [-0.05, 0) is 148 Å². The van der Waals surface area contributed by atoms with Crippen molar-refractivity contribution in [3.05, 3.63) is 170 Å². The van der Waals surface area contributed by atoms with Gasteiger partial charge in [-0.2, -0.15) is 0 Å². The molecular weight excluding hydrogens is 1400 g/mol. The fourth-order valence-electron chi connectivity index (χ4n) is 10.4. The normalized spacial score (nSPS) is 14.7. The van der Waals surface area contributed by atoms with E-state index in [0.717, 1.165) is 128 Å². The van der Waals surface area contributed by atoms with Gasteiger partial charge >= 0.3 is 39.5 Å². The van der Waals surface area contributed by atoms with Crippen molar-refractivity contribution in [1.29, 1.82) is 0 Å². The van der Waals surface area contributed by atoms with Crippen LogP contribution in [-0.4, -0.2) is 96.7 Å². The lowest BCUT2D eigenvalue weighted by molar-refractivity contribution is -0.161. The van der Waals surface area contributed by atoms with E-state index in [2.05, 4.69) is 174 Å². The minimum atomic E-state index is -5.01. The first kappa shape index (κ1) is 102. The third kappa shape index (κ3) is 78.5. The summed E-state index contributed by atoms with van der Waals surface area (Å²) < 4.78 is 68.5. The number of allylic oxidation sites excluding steroid dienone is 28. The quantitative estimate of drug-likeness (QED) is 0.0169. The second kappa shape index (κ2) is 79.5. The van der Waals surface area contributed by atoms with E-state index < -0.39 is 97.5 Å². The summed E-state index contributed by atoms with van der Waals surface area (Å²) in [5.74, 6) is -2.38. The van der Waals surface area contributed by atoms with Crippen molar-refractivity contribution >= 4 is 39.5 Å². The Kier molecular flexibility index (Phi) is 75.4. The van der Waals surface area contributed by atoms with E-state index >= 15 is 0 Å². The van der Waals surface area contributed by atoms with Crippen LogP contribution in [0, 0.1) is 0 Å². The summed E-state index contributed by atoms with van der Waals surface area (Å²) in [6, 6.07) is 0. The molecular formula is C89H146O17P2. The van der Waals surface area contributed by atoms with Gasteiger partial charge in [-0.25, -0.2) is 9.13 Å². The molecule has 0 fully saturated rings. The number of hydrogen-bond acceptors (Lipinski definition) is 15. The Morgan fingerprint density at radius 3 is 0.843 bits per heavy atom. The van der Waals surface area contributed by atoms with Gasteiger partial charge in [0, 0.05) is 25.7 Å². The molecule has 2 unspecified atom stereocenters. The van der Waals surface area contributed by atoms with Crippen molar-refractivity contribution in [2.45, 2.75) is 329 Å². The zero-order valence-corrected chi connectivity index (χ0v) is 69.0. The maximum absolute atomic E-state index is 13.1. The minimum absolute atomic E-state index is 0.0331. The number of carbonyl (C=O) groups excluding carboxylic acids is 4. The van der Waals surface area contributed by atoms with E-state index in [4.69, 9.17) is 37.0 Å². The molecule has 0 spiro atoms. The molecule has 614 valence electrons. The van der Waals surface area contributed by atoms with Gasteiger partial charge in [0.2, 0.25) is 0 Å². The van der Waals surface area contributed by atoms with Crippen molar-refractivity contribution in [3.63, 3.8) is 0 Å². The molecule has 0 aromatic carbocycles. The van der Waals surface area contributed by atoms with Crippen molar-refractivity contribution in [1.82, 2.24) is 0 Å². The molecule has 0 amide bonds. The Hall–Kier alpha value is -5.58. The number of phosphoric ester groups is 2. The van der Waals surface area contributed by atoms with Crippen LogP contribution in [0.4, 0.5) is 0 Å². The fraction of sp³-hybridized carbons (Fsp3) is 0.640. The van der Waals surface area contributed by atoms with Gasteiger partial charge in [-0.1, -0.05) is 307 Å². The molecule has 3 N–H and O–H groups in total. The van der Waals surface area contributed by atoms with Crippen LogP contribution in [0.2, 0.25) is 0 Å². The summed E-state index contributed by atoms with van der Waals surface area (Å²) in [4.78, 5) is 73.1. The number of phosphoric acid groups is 2. The van der Waals surface area contributed by atoms with E-state index in [1.165, 1.54) is 89.9 Å². The Labute approximate surface area is 654 Å². The molecule has 0 saturated carbocycles. The van der Waals surface area contributed by atoms with Gasteiger partial charge in [0.25, 0.3) is 0 Å². The third-order valence-corrected chi connectivity index (χ3v) is 18.6. The Morgan fingerprint density at radius 2 is 0.509 bits per heavy atom. The van der Waals surface area contributed by atoms with Gasteiger partial charge in [0.1, 0.15) is 19.3 Å². The monoisotopic (exact) mass is 1550 g/mol. The summed E-state index contributed by atoms with van der Waals surface area (Å²) in [5.41, 5.74) is 0. The molecule has 5 atom stereocenters. The number of aliphatic hydroxyl groups is 1. The SMILES string of the molecule is CC/C=C\C/C=C\C/C=C\C/C=C\C/C=C\CCCCCC(=O)O[C@H](COC(=O)CCC/C=C\C/C=C\C/C=C\C/C=C\CCCCC)COP(=O)(O)OC[C@H](O)COP(=O)(O)OC[C@@H](COC(=O)CC/C=C\C/C=C\C/C=C\C/C=C\C/C=C\CCCCC)OC(=O)CCCCCCCCCCCCCCC. The highest BCUT2D eigenvalue weighted by atomic mass is 31.2. The molecule has 0 aromatic rings. The largest absolute Gasteiger partial charge is 0.472 e. The standard InChI is InChI=1S/C89H146O17P2/c1-5-9-13-17-21-25-29-33-36-39-41-44-47-51-54-58-62-66-70-74-87(92)99-79-84(105-88(93)75-71-67-63-59-55-49-32-28-24-20-16-12-8-4)81-103-107(95,96)101-77-83(90)78-102-108(97,98)104-82-85(80-100-86(91)73-69-65-61-57-53-50-46-43-38-35-31-27-23-19-15-11-7-3)106-89(94)76-72-68-64-60-56-52-48-45-42-40-37-34-30-26-22-18-14-10-6-2/h10,14,21-23,25-27,33-38,41-42,44-46,50-52,54,56-57,61-62,66,83-85,90H,5-9,11-13,15-20,24,28-32,39-40,43,47-49,53,55,58-60,63-65,67-82H2,1-4H3,(H,95,96)(H,97,98)/b14-10-,25-21-,26-22-,27-23-,36-33-,37-34-,38-35-,44-41-,45-42-,50-46-,54-51-,56-52-,61-57-,66-62-/t83-,84-,85-/m1/s1. The summed E-state index contributed by atoms with van der Waals surface area (Å²) in [6.45, 7) is 4.52. The van der Waals surface area contributed by atoms with Crippen LogP contribution < -0.4 is 0 Å². The molecule has 0 rings (SSSR count). The molecule has 0 bridgehead atoms. The zero-order chi connectivity index (χ0) is 78.9. The number of aliphatic hydroxyl groups excluding tert-OH is 1. The zero-order valence-electron chi connectivity index (χ0n) is 67.2. The molecule has 0 aromatic heterocycles. The summed E-state index contributed by atoms with van der Waals surface area (Å²) in [5, 5.41) is 10.7. The van der Waals surface area contributed by atoms with Crippen LogP contribution in [0.1, 0.15) is 310 Å². The first-order chi connectivity index (χ1) is 52.7. The van der Waals surface area contributed by atoms with Crippen LogP contribution in [0.3, 0.4) is 0 Å². The first-order valence-corrected chi connectivity index (χ1v) is 44.4. The minimum Gasteiger partial charge on any atom is -0.462 e. The number of rotatable bonds is 76. The fourth-order valence-corrected chi connectivity index (χ4v) is 12.0. The molecule has 0 heterocycles. The van der Waals surface area contributed by atoms with Gasteiger partial charge in [-0.3, -0.25) is 37.3 Å². The predicted molar refractivity (Wildman–Crippen MR) is 445 cm³/mol. The van der Waals surface area contributed by atoms with Crippen LogP contribution >= 0.6 is 15.6 Å². The highest BCUT2D eigenvalue weighted by Gasteiger charge is 2.30. The molecule has 0 saturated heterocycles. The molecule has 0 aliphatic heterocycles. The number of ether oxygens (including phenoxy) is 4. The lowest BCUT2D eigenvalue weighted by Crippen LogP contribution is -2.30.